The third-order valence-corrected chi connectivity index (χ3v) is 3.98. The molecule has 0 amide bonds. The van der Waals surface area contributed by atoms with Crippen LogP contribution in [0.5, 0.6) is 0 Å². The highest BCUT2D eigenvalue weighted by molar-refractivity contribution is 6.30. The molecule has 0 radical (unpaired) electrons. The summed E-state index contributed by atoms with van der Waals surface area (Å²) in [5.41, 5.74) is 5.31. The molecule has 22 heavy (non-hydrogen) atoms. The average Bonchev–Trinajstić information content (AvgIpc) is 2.52. The van der Waals surface area contributed by atoms with Gasteiger partial charge in [0, 0.05) is 23.2 Å². The van der Waals surface area contributed by atoms with Gasteiger partial charge in [-0.2, -0.15) is 0 Å². The first-order chi connectivity index (χ1) is 10.6. The number of benzene rings is 2. The van der Waals surface area contributed by atoms with Crippen LogP contribution in [0.1, 0.15) is 22.4 Å². The molecule has 0 saturated carbocycles. The van der Waals surface area contributed by atoms with Crippen LogP contribution in [0.25, 0.3) is 11.4 Å². The van der Waals surface area contributed by atoms with Gasteiger partial charge in [-0.1, -0.05) is 65.7 Å². The zero-order valence-electron chi connectivity index (χ0n) is 12.7. The standard InChI is InChI=1S/C19H17ClN2/c1-13-7-6-10-16(11-13)19-21-14(2)17(18(20)22-19)12-15-8-4-3-5-9-15/h3-11H,12H2,1-2H3. The van der Waals surface area contributed by atoms with Crippen molar-refractivity contribution < 1.29 is 0 Å². The second kappa shape index (κ2) is 6.29. The molecule has 0 N–H and O–H groups in total. The smallest absolute Gasteiger partial charge is 0.161 e. The molecule has 2 nitrogen and oxygen atoms in total. The van der Waals surface area contributed by atoms with E-state index >= 15 is 0 Å². The van der Waals surface area contributed by atoms with Crippen LogP contribution in [0.15, 0.2) is 54.6 Å². The summed E-state index contributed by atoms with van der Waals surface area (Å²) in [5, 5.41) is 0.535. The minimum absolute atomic E-state index is 0.535. The van der Waals surface area contributed by atoms with Crippen LogP contribution >= 0.6 is 11.6 Å². The lowest BCUT2D eigenvalue weighted by Crippen LogP contribution is -2.01. The number of nitrogens with zero attached hydrogens (tertiary/aromatic N) is 2. The van der Waals surface area contributed by atoms with E-state index in [1.165, 1.54) is 11.1 Å². The molecule has 110 valence electrons. The molecule has 3 rings (SSSR count). The lowest BCUT2D eigenvalue weighted by atomic mass is 10.0. The Hall–Kier alpha value is -2.19. The first-order valence-electron chi connectivity index (χ1n) is 7.27. The van der Waals surface area contributed by atoms with Crippen LogP contribution in [-0.2, 0) is 6.42 Å². The van der Waals surface area contributed by atoms with Gasteiger partial charge in [-0.3, -0.25) is 0 Å². The molecule has 0 unspecified atom stereocenters. The summed E-state index contributed by atoms with van der Waals surface area (Å²) >= 11 is 6.42. The fourth-order valence-corrected chi connectivity index (χ4v) is 2.76. The van der Waals surface area contributed by atoms with E-state index in [0.29, 0.717) is 11.0 Å². The van der Waals surface area contributed by atoms with Crippen molar-refractivity contribution in [3.05, 3.63) is 82.1 Å². The maximum atomic E-state index is 6.42. The molecule has 0 spiro atoms. The molecular weight excluding hydrogens is 292 g/mol. The molecule has 2 aromatic carbocycles. The molecule has 0 aliphatic rings. The third kappa shape index (κ3) is 3.18. The zero-order valence-corrected chi connectivity index (χ0v) is 13.4. The van der Waals surface area contributed by atoms with Gasteiger partial charge in [0.25, 0.3) is 0 Å². The Kier molecular flexibility index (Phi) is 4.21. The fourth-order valence-electron chi connectivity index (χ4n) is 2.48. The summed E-state index contributed by atoms with van der Waals surface area (Å²) in [6.45, 7) is 4.05. The van der Waals surface area contributed by atoms with Crippen molar-refractivity contribution in [3.8, 4) is 11.4 Å². The highest BCUT2D eigenvalue weighted by atomic mass is 35.5. The number of rotatable bonds is 3. The number of hydrogen-bond acceptors (Lipinski definition) is 2. The lowest BCUT2D eigenvalue weighted by molar-refractivity contribution is 1.02. The first kappa shape index (κ1) is 14.7. The number of aromatic nitrogens is 2. The molecule has 0 aliphatic heterocycles. The van der Waals surface area contributed by atoms with E-state index in [2.05, 4.69) is 41.2 Å². The van der Waals surface area contributed by atoms with Gasteiger partial charge in [-0.25, -0.2) is 9.97 Å². The van der Waals surface area contributed by atoms with E-state index in [0.717, 1.165) is 23.2 Å². The number of hydrogen-bond donors (Lipinski definition) is 0. The summed E-state index contributed by atoms with van der Waals surface area (Å²) in [4.78, 5) is 9.14. The molecule has 1 aromatic heterocycles. The van der Waals surface area contributed by atoms with Crippen molar-refractivity contribution in [3.63, 3.8) is 0 Å². The van der Waals surface area contributed by atoms with Crippen molar-refractivity contribution >= 4 is 11.6 Å². The largest absolute Gasteiger partial charge is 0.233 e. The summed E-state index contributed by atoms with van der Waals surface area (Å²) in [7, 11) is 0. The SMILES string of the molecule is Cc1cccc(-c2nc(C)c(Cc3ccccc3)c(Cl)n2)c1. The molecule has 0 bridgehead atoms. The maximum absolute atomic E-state index is 6.42. The molecule has 0 fully saturated rings. The second-order valence-electron chi connectivity index (χ2n) is 5.43. The Morgan fingerprint density at radius 1 is 0.909 bits per heavy atom. The van der Waals surface area contributed by atoms with Crippen molar-refractivity contribution in [1.82, 2.24) is 9.97 Å². The highest BCUT2D eigenvalue weighted by Gasteiger charge is 2.12. The summed E-state index contributed by atoms with van der Waals surface area (Å²) in [6, 6.07) is 18.4. The van der Waals surface area contributed by atoms with Crippen LogP contribution in [0, 0.1) is 13.8 Å². The van der Waals surface area contributed by atoms with Gasteiger partial charge in [-0.15, -0.1) is 0 Å². The highest BCUT2D eigenvalue weighted by Crippen LogP contribution is 2.24. The third-order valence-electron chi connectivity index (χ3n) is 3.66. The molecule has 3 aromatic rings. The van der Waals surface area contributed by atoms with Crippen molar-refractivity contribution in [2.75, 3.05) is 0 Å². The Morgan fingerprint density at radius 2 is 1.68 bits per heavy atom. The Balaban J connectivity index is 1.98. The van der Waals surface area contributed by atoms with Crippen molar-refractivity contribution in [2.45, 2.75) is 20.3 Å². The summed E-state index contributed by atoms with van der Waals surface area (Å²) in [5.74, 6) is 0.683. The van der Waals surface area contributed by atoms with Crippen LogP contribution in [-0.4, -0.2) is 9.97 Å². The van der Waals surface area contributed by atoms with Gasteiger partial charge in [0.1, 0.15) is 5.15 Å². The van der Waals surface area contributed by atoms with Crippen LogP contribution in [0.2, 0.25) is 5.15 Å². The van der Waals surface area contributed by atoms with E-state index in [1.54, 1.807) is 0 Å². The zero-order chi connectivity index (χ0) is 15.5. The van der Waals surface area contributed by atoms with Crippen LogP contribution in [0.4, 0.5) is 0 Å². The van der Waals surface area contributed by atoms with Gasteiger partial charge < -0.3 is 0 Å². The Bertz CT molecular complexity index is 775. The maximum Gasteiger partial charge on any atom is 0.161 e. The van der Waals surface area contributed by atoms with Gasteiger partial charge in [0.2, 0.25) is 0 Å². The fraction of sp³-hybridized carbons (Fsp3) is 0.158. The van der Waals surface area contributed by atoms with E-state index < -0.39 is 0 Å². The molecule has 1 heterocycles. The minimum atomic E-state index is 0.535. The van der Waals surface area contributed by atoms with Crippen molar-refractivity contribution in [2.24, 2.45) is 0 Å². The van der Waals surface area contributed by atoms with E-state index in [-0.39, 0.29) is 0 Å². The predicted molar refractivity (Wildman–Crippen MR) is 91.2 cm³/mol. The molecule has 0 saturated heterocycles. The van der Waals surface area contributed by atoms with Gasteiger partial charge >= 0.3 is 0 Å². The van der Waals surface area contributed by atoms with Crippen molar-refractivity contribution in [1.29, 1.82) is 0 Å². The quantitative estimate of drug-likeness (QED) is 0.636. The van der Waals surface area contributed by atoms with Crippen LogP contribution < -0.4 is 0 Å². The monoisotopic (exact) mass is 308 g/mol. The summed E-state index contributed by atoms with van der Waals surface area (Å²) < 4.78 is 0. The first-order valence-corrected chi connectivity index (χ1v) is 7.65. The van der Waals surface area contributed by atoms with E-state index in [1.807, 2.05) is 37.3 Å². The van der Waals surface area contributed by atoms with Crippen LogP contribution in [0.3, 0.4) is 0 Å². The minimum Gasteiger partial charge on any atom is -0.233 e. The number of halogens is 1. The molecule has 3 heteroatoms. The van der Waals surface area contributed by atoms with Gasteiger partial charge in [-0.05, 0) is 25.5 Å². The average molecular weight is 309 g/mol. The topological polar surface area (TPSA) is 25.8 Å². The predicted octanol–water partition coefficient (Wildman–Crippen LogP) is 5.00. The van der Waals surface area contributed by atoms with Gasteiger partial charge in [0.15, 0.2) is 5.82 Å². The molecular formula is C19H17ClN2. The molecule has 0 aliphatic carbocycles. The normalized spacial score (nSPS) is 10.7. The Labute approximate surface area is 135 Å². The Morgan fingerprint density at radius 3 is 2.36 bits per heavy atom. The van der Waals surface area contributed by atoms with E-state index in [4.69, 9.17) is 11.6 Å². The van der Waals surface area contributed by atoms with E-state index in [9.17, 15) is 0 Å². The van der Waals surface area contributed by atoms with Gasteiger partial charge in [0.05, 0.1) is 0 Å². The number of aryl methyl sites for hydroxylation is 2. The lowest BCUT2D eigenvalue weighted by Gasteiger charge is -2.10. The molecule has 0 atom stereocenters. The second-order valence-corrected chi connectivity index (χ2v) is 5.79. The summed E-state index contributed by atoms with van der Waals surface area (Å²) in [6.07, 6.45) is 0.750.